The zero-order valence-corrected chi connectivity index (χ0v) is 14.6. The van der Waals surface area contributed by atoms with Gasteiger partial charge in [0.2, 0.25) is 0 Å². The Morgan fingerprint density at radius 2 is 1.58 bits per heavy atom. The summed E-state index contributed by atoms with van der Waals surface area (Å²) in [5, 5.41) is 9.38. The summed E-state index contributed by atoms with van der Waals surface area (Å²) < 4.78 is 87.5. The highest BCUT2D eigenvalue weighted by Crippen LogP contribution is 2.48. The van der Waals surface area contributed by atoms with Crippen LogP contribution >= 0.6 is 0 Å². The molecular weight excluding hydrogens is 370 g/mol. The summed E-state index contributed by atoms with van der Waals surface area (Å²) in [6, 6.07) is 0. The Bertz CT molecular complexity index is 518. The van der Waals surface area contributed by atoms with Crippen molar-refractivity contribution in [3.05, 3.63) is 12.2 Å². The van der Waals surface area contributed by atoms with E-state index in [1.54, 1.807) is 0 Å². The van der Waals surface area contributed by atoms with Crippen LogP contribution in [0.15, 0.2) is 12.2 Å². The molecule has 0 aromatic carbocycles. The van der Waals surface area contributed by atoms with E-state index < -0.39 is 41.7 Å². The van der Waals surface area contributed by atoms with Gasteiger partial charge in [0.1, 0.15) is 12.2 Å². The minimum atomic E-state index is -5.95. The Kier molecular flexibility index (Phi) is 6.46. The smallest absolute Gasteiger partial charge is 0.428 e. The van der Waals surface area contributed by atoms with E-state index in [9.17, 15) is 36.2 Å². The number of halogens is 6. The van der Waals surface area contributed by atoms with Crippen molar-refractivity contribution in [3.8, 4) is 0 Å². The molecule has 1 unspecified atom stereocenters. The predicted molar refractivity (Wildman–Crippen MR) is 79.2 cm³/mol. The van der Waals surface area contributed by atoms with Gasteiger partial charge >= 0.3 is 18.3 Å². The highest BCUT2D eigenvalue weighted by atomic mass is 19.4. The molecule has 152 valence electrons. The van der Waals surface area contributed by atoms with Crippen LogP contribution in [0.4, 0.5) is 26.3 Å². The maximum atomic E-state index is 12.9. The maximum absolute atomic E-state index is 12.9. The van der Waals surface area contributed by atoms with Crippen LogP contribution in [0.3, 0.4) is 0 Å². The average Bonchev–Trinajstić information content (AvgIpc) is 2.46. The molecule has 1 aliphatic carbocycles. The standard InChI is InChI=1S/C16H22F6O4/c1-9(2)12(23)25-11-5-7-13(4,8-6-11)26-10(3)14(24,15(17,18)19)16(20,21)22/h10-11,24H,1,5-8H2,2-4H3. The van der Waals surface area contributed by atoms with Crippen molar-refractivity contribution in [2.75, 3.05) is 0 Å². The van der Waals surface area contributed by atoms with Crippen LogP contribution in [0.2, 0.25) is 0 Å². The molecule has 0 saturated heterocycles. The van der Waals surface area contributed by atoms with Gasteiger partial charge in [-0.3, -0.25) is 0 Å². The molecule has 0 aliphatic heterocycles. The lowest BCUT2D eigenvalue weighted by atomic mass is 9.83. The van der Waals surface area contributed by atoms with Crippen molar-refractivity contribution in [1.82, 2.24) is 0 Å². The summed E-state index contributed by atoms with van der Waals surface area (Å²) in [7, 11) is 0. The number of carbonyl (C=O) groups excluding carboxylic acids is 1. The summed E-state index contributed by atoms with van der Waals surface area (Å²) in [5.74, 6) is -0.614. The molecule has 1 aliphatic rings. The number of hydrogen-bond donors (Lipinski definition) is 1. The number of carbonyl (C=O) groups is 1. The molecule has 10 heteroatoms. The molecule has 0 spiro atoms. The molecule has 0 aromatic heterocycles. The van der Waals surface area contributed by atoms with Crippen molar-refractivity contribution in [1.29, 1.82) is 0 Å². The Morgan fingerprint density at radius 1 is 1.15 bits per heavy atom. The van der Waals surface area contributed by atoms with Gasteiger partial charge in [-0.2, -0.15) is 26.3 Å². The van der Waals surface area contributed by atoms with E-state index in [4.69, 9.17) is 9.47 Å². The predicted octanol–water partition coefficient (Wildman–Crippen LogP) is 4.07. The second-order valence-corrected chi connectivity index (χ2v) is 6.86. The van der Waals surface area contributed by atoms with Crippen LogP contribution in [0.25, 0.3) is 0 Å². The molecule has 1 saturated carbocycles. The van der Waals surface area contributed by atoms with E-state index in [1.807, 2.05) is 0 Å². The van der Waals surface area contributed by atoms with E-state index in [1.165, 1.54) is 13.8 Å². The van der Waals surface area contributed by atoms with Crippen LogP contribution in [0, 0.1) is 0 Å². The molecular formula is C16H22F6O4. The molecule has 1 atom stereocenters. The molecule has 26 heavy (non-hydrogen) atoms. The van der Waals surface area contributed by atoms with Crippen molar-refractivity contribution in [2.24, 2.45) is 0 Å². The van der Waals surface area contributed by atoms with Crippen LogP contribution < -0.4 is 0 Å². The monoisotopic (exact) mass is 392 g/mol. The van der Waals surface area contributed by atoms with E-state index in [0.717, 1.165) is 0 Å². The zero-order valence-electron chi connectivity index (χ0n) is 14.6. The first kappa shape index (κ1) is 22.8. The first-order valence-corrected chi connectivity index (χ1v) is 7.93. The van der Waals surface area contributed by atoms with Crippen molar-refractivity contribution >= 4 is 5.97 Å². The molecule has 1 N–H and O–H groups in total. The molecule has 0 aromatic rings. The van der Waals surface area contributed by atoms with Crippen molar-refractivity contribution in [3.63, 3.8) is 0 Å². The van der Waals surface area contributed by atoms with E-state index in [-0.39, 0.29) is 31.3 Å². The average molecular weight is 392 g/mol. The van der Waals surface area contributed by atoms with Gasteiger partial charge in [0, 0.05) is 5.57 Å². The minimum Gasteiger partial charge on any atom is -0.459 e. The largest absolute Gasteiger partial charge is 0.459 e. The van der Waals surface area contributed by atoms with Crippen molar-refractivity contribution in [2.45, 2.75) is 82.2 Å². The molecule has 1 fully saturated rings. The fourth-order valence-corrected chi connectivity index (χ4v) is 2.82. The Hall–Kier alpha value is -1.29. The second-order valence-electron chi connectivity index (χ2n) is 6.86. The number of alkyl halides is 6. The van der Waals surface area contributed by atoms with Crippen LogP contribution in [0.1, 0.15) is 46.5 Å². The Labute approximate surface area is 147 Å². The van der Waals surface area contributed by atoms with Gasteiger partial charge in [0.25, 0.3) is 5.60 Å². The first-order chi connectivity index (χ1) is 11.5. The first-order valence-electron chi connectivity index (χ1n) is 7.93. The molecule has 4 nitrogen and oxygen atoms in total. The maximum Gasteiger partial charge on any atom is 0.428 e. The van der Waals surface area contributed by atoms with E-state index >= 15 is 0 Å². The summed E-state index contributed by atoms with van der Waals surface area (Å²) in [6.45, 7) is 6.78. The highest BCUT2D eigenvalue weighted by Gasteiger charge is 2.74. The summed E-state index contributed by atoms with van der Waals surface area (Å²) in [5.41, 5.74) is -6.12. The minimum absolute atomic E-state index is 0.0667. The molecule has 0 bridgehead atoms. The fourth-order valence-electron chi connectivity index (χ4n) is 2.82. The lowest BCUT2D eigenvalue weighted by molar-refractivity contribution is -0.399. The quantitative estimate of drug-likeness (QED) is 0.435. The Morgan fingerprint density at radius 3 is 1.92 bits per heavy atom. The van der Waals surface area contributed by atoms with Crippen LogP contribution in [-0.2, 0) is 14.3 Å². The van der Waals surface area contributed by atoms with Crippen molar-refractivity contribution < 1.29 is 45.7 Å². The topological polar surface area (TPSA) is 55.8 Å². The summed E-state index contributed by atoms with van der Waals surface area (Å²) >= 11 is 0. The fraction of sp³-hybridized carbons (Fsp3) is 0.812. The second kappa shape index (κ2) is 7.38. The number of rotatable bonds is 5. The van der Waals surface area contributed by atoms with Gasteiger partial charge in [0.15, 0.2) is 0 Å². The van der Waals surface area contributed by atoms with Gasteiger partial charge < -0.3 is 14.6 Å². The number of ether oxygens (including phenoxy) is 2. The third kappa shape index (κ3) is 4.70. The normalized spacial score (nSPS) is 26.3. The molecule has 0 radical (unpaired) electrons. The van der Waals surface area contributed by atoms with E-state index in [0.29, 0.717) is 6.92 Å². The molecule has 0 amide bonds. The number of aliphatic hydroxyl groups is 1. The summed E-state index contributed by atoms with van der Waals surface area (Å²) in [4.78, 5) is 11.5. The SMILES string of the molecule is C=C(C)C(=O)OC1CCC(C)(OC(C)C(O)(C(F)(F)F)C(F)(F)F)CC1. The highest BCUT2D eigenvalue weighted by molar-refractivity contribution is 5.87. The summed E-state index contributed by atoms with van der Waals surface area (Å²) in [6.07, 6.45) is -14.4. The number of hydrogen-bond acceptors (Lipinski definition) is 4. The van der Waals surface area contributed by atoms with Gasteiger partial charge in [-0.05, 0) is 46.5 Å². The third-order valence-electron chi connectivity index (χ3n) is 4.53. The van der Waals surface area contributed by atoms with Crippen LogP contribution in [-0.4, -0.2) is 46.8 Å². The number of esters is 1. The zero-order chi connectivity index (χ0) is 20.6. The van der Waals surface area contributed by atoms with Crippen LogP contribution in [0.5, 0.6) is 0 Å². The van der Waals surface area contributed by atoms with E-state index in [2.05, 4.69) is 6.58 Å². The third-order valence-corrected chi connectivity index (χ3v) is 4.53. The van der Waals surface area contributed by atoms with Gasteiger partial charge in [-0.25, -0.2) is 4.79 Å². The lowest BCUT2D eigenvalue weighted by Gasteiger charge is -2.43. The molecule has 1 rings (SSSR count). The van der Waals surface area contributed by atoms with Gasteiger partial charge in [-0.15, -0.1) is 0 Å². The molecule has 0 heterocycles. The van der Waals surface area contributed by atoms with Gasteiger partial charge in [-0.1, -0.05) is 6.58 Å². The Balaban J connectivity index is 2.82. The lowest BCUT2D eigenvalue weighted by Crippen LogP contribution is -2.65. The van der Waals surface area contributed by atoms with Gasteiger partial charge in [0.05, 0.1) is 5.60 Å².